The molecule has 202 valence electrons. The summed E-state index contributed by atoms with van der Waals surface area (Å²) in [5, 5.41) is 40.1. The van der Waals surface area contributed by atoms with Gasteiger partial charge in [0.1, 0.15) is 6.04 Å². The van der Waals surface area contributed by atoms with Gasteiger partial charge in [0, 0.05) is 13.0 Å². The van der Waals surface area contributed by atoms with Gasteiger partial charge in [0.2, 0.25) is 6.04 Å². The van der Waals surface area contributed by atoms with Crippen LogP contribution in [0.25, 0.3) is 0 Å². The van der Waals surface area contributed by atoms with Crippen molar-refractivity contribution in [3.63, 3.8) is 0 Å². The molecule has 0 saturated heterocycles. The molecule has 15 nitrogen and oxygen atoms in total. The summed E-state index contributed by atoms with van der Waals surface area (Å²) in [5.41, 5.74) is 25.1. The largest absolute Gasteiger partial charge is 0.481 e. The van der Waals surface area contributed by atoms with E-state index in [4.69, 9.17) is 48.5 Å². The SMILES string of the molecule is NC(C(=O)O)C(=O)O.NCCC(=O)O.NCCCCCC(=O)O.NCCCCCC(N)C(=O)O. The molecule has 15 heteroatoms. The number of unbranched alkanes of at least 4 members (excludes halogenated alkanes) is 4. The van der Waals surface area contributed by atoms with Crippen LogP contribution in [0.5, 0.6) is 0 Å². The zero-order valence-corrected chi connectivity index (χ0v) is 19.3. The molecule has 0 fully saturated rings. The first-order chi connectivity index (χ1) is 15.8. The van der Waals surface area contributed by atoms with Gasteiger partial charge in [0.25, 0.3) is 0 Å². The summed E-state index contributed by atoms with van der Waals surface area (Å²) in [7, 11) is 0. The Morgan fingerprint density at radius 3 is 1.18 bits per heavy atom. The molecular formula is C19H41N5O10. The highest BCUT2D eigenvalue weighted by atomic mass is 16.4. The lowest BCUT2D eigenvalue weighted by atomic mass is 10.1. The number of carboxylic acid groups (broad SMARTS) is 5. The number of aliphatic carboxylic acids is 5. The van der Waals surface area contributed by atoms with E-state index >= 15 is 0 Å². The quantitative estimate of drug-likeness (QED) is 0.0896. The molecule has 0 rings (SSSR count). The van der Waals surface area contributed by atoms with Gasteiger partial charge in [-0.25, -0.2) is 9.59 Å². The number of rotatable bonds is 15. The van der Waals surface area contributed by atoms with Crippen molar-refractivity contribution in [2.24, 2.45) is 28.7 Å². The van der Waals surface area contributed by atoms with Crippen LogP contribution in [0.1, 0.15) is 57.8 Å². The fraction of sp³-hybridized carbons (Fsp3) is 0.737. The molecule has 0 aromatic rings. The van der Waals surface area contributed by atoms with Gasteiger partial charge in [-0.15, -0.1) is 0 Å². The second-order valence-electron chi connectivity index (χ2n) is 6.66. The van der Waals surface area contributed by atoms with Crippen LogP contribution in [0.3, 0.4) is 0 Å². The second-order valence-corrected chi connectivity index (χ2v) is 6.66. The zero-order chi connectivity index (χ0) is 27.5. The van der Waals surface area contributed by atoms with Crippen LogP contribution in [0.2, 0.25) is 0 Å². The molecule has 1 unspecified atom stereocenters. The molecule has 0 heterocycles. The Morgan fingerprint density at radius 2 is 0.941 bits per heavy atom. The summed E-state index contributed by atoms with van der Waals surface area (Å²) in [6, 6.07) is -2.50. The number of carboxylic acids is 5. The normalized spacial score (nSPS) is 10.3. The Labute approximate surface area is 198 Å². The van der Waals surface area contributed by atoms with Crippen molar-refractivity contribution in [2.45, 2.75) is 69.9 Å². The molecular weight excluding hydrogens is 458 g/mol. The van der Waals surface area contributed by atoms with Crippen LogP contribution >= 0.6 is 0 Å². The summed E-state index contributed by atoms with van der Waals surface area (Å²) in [5.74, 6) is -5.53. The molecule has 0 aliphatic heterocycles. The lowest BCUT2D eigenvalue weighted by Gasteiger charge is -2.04. The summed E-state index contributed by atoms with van der Waals surface area (Å²) < 4.78 is 0. The van der Waals surface area contributed by atoms with E-state index in [9.17, 15) is 24.0 Å². The van der Waals surface area contributed by atoms with Crippen LogP contribution in [-0.4, -0.2) is 87.1 Å². The molecule has 0 aliphatic rings. The first-order valence-electron chi connectivity index (χ1n) is 10.5. The Kier molecular flexibility index (Phi) is 31.8. The standard InChI is InChI=1S/C7H16N2O2.C6H13NO2.C3H5NO4.C3H7NO2/c8-5-3-1-2-4-6(9)7(10)11;7-5-3-1-2-4-6(8)9;4-1(2(5)6)3(7)8;4-2-1-3(5)6/h6H,1-5,8-9H2,(H,10,11);1-5,7H2,(H,8,9);1H,4H2,(H,5,6)(H,7,8);1-2,4H2,(H,5,6). The minimum atomic E-state index is -1.80. The van der Waals surface area contributed by atoms with E-state index in [0.717, 1.165) is 38.5 Å². The maximum Gasteiger partial charge on any atom is 0.332 e. The maximum absolute atomic E-state index is 10.2. The van der Waals surface area contributed by atoms with Gasteiger partial charge >= 0.3 is 29.8 Å². The van der Waals surface area contributed by atoms with Crippen LogP contribution in [-0.2, 0) is 24.0 Å². The smallest absolute Gasteiger partial charge is 0.332 e. The van der Waals surface area contributed by atoms with E-state index in [0.29, 0.717) is 19.5 Å². The van der Waals surface area contributed by atoms with E-state index in [2.05, 4.69) is 5.73 Å². The Hall–Kier alpha value is -2.85. The first-order valence-corrected chi connectivity index (χ1v) is 10.5. The fourth-order valence-corrected chi connectivity index (χ4v) is 1.64. The van der Waals surface area contributed by atoms with Gasteiger partial charge in [-0.3, -0.25) is 14.4 Å². The highest BCUT2D eigenvalue weighted by Gasteiger charge is 2.18. The third-order valence-corrected chi connectivity index (χ3v) is 3.52. The number of hydrogen-bond donors (Lipinski definition) is 10. The minimum absolute atomic E-state index is 0.0694. The molecule has 15 N–H and O–H groups in total. The third kappa shape index (κ3) is 39.6. The first kappa shape index (κ1) is 38.4. The fourth-order valence-electron chi connectivity index (χ4n) is 1.64. The van der Waals surface area contributed by atoms with Crippen LogP contribution in [0, 0.1) is 0 Å². The molecule has 34 heavy (non-hydrogen) atoms. The summed E-state index contributed by atoms with van der Waals surface area (Å²) >= 11 is 0. The zero-order valence-electron chi connectivity index (χ0n) is 19.3. The molecule has 0 amide bonds. The van der Waals surface area contributed by atoms with Crippen LogP contribution < -0.4 is 28.7 Å². The molecule has 0 saturated carbocycles. The molecule has 0 radical (unpaired) electrons. The van der Waals surface area contributed by atoms with Gasteiger partial charge in [0.15, 0.2) is 0 Å². The van der Waals surface area contributed by atoms with Crippen molar-refractivity contribution in [2.75, 3.05) is 19.6 Å². The van der Waals surface area contributed by atoms with Gasteiger partial charge in [-0.1, -0.05) is 19.3 Å². The lowest BCUT2D eigenvalue weighted by Crippen LogP contribution is -2.38. The van der Waals surface area contributed by atoms with Crippen molar-refractivity contribution in [3.8, 4) is 0 Å². The highest BCUT2D eigenvalue weighted by Crippen LogP contribution is 2.01. The molecule has 0 bridgehead atoms. The average Bonchev–Trinajstić information content (AvgIpc) is 2.74. The highest BCUT2D eigenvalue weighted by molar-refractivity contribution is 5.96. The van der Waals surface area contributed by atoms with Crippen molar-refractivity contribution >= 4 is 29.8 Å². The molecule has 0 aliphatic carbocycles. The van der Waals surface area contributed by atoms with E-state index in [1.54, 1.807) is 0 Å². The number of hydrogen-bond acceptors (Lipinski definition) is 10. The number of carbonyl (C=O) groups is 5. The maximum atomic E-state index is 10.2. The van der Waals surface area contributed by atoms with Crippen molar-refractivity contribution in [1.82, 2.24) is 0 Å². The van der Waals surface area contributed by atoms with Crippen LogP contribution in [0.4, 0.5) is 0 Å². The van der Waals surface area contributed by atoms with Gasteiger partial charge < -0.3 is 54.2 Å². The summed E-state index contributed by atoms with van der Waals surface area (Å²) in [6.07, 6.45) is 6.30. The minimum Gasteiger partial charge on any atom is -0.481 e. The average molecular weight is 500 g/mol. The topological polar surface area (TPSA) is 317 Å². The predicted octanol–water partition coefficient (Wildman–Crippen LogP) is -1.59. The Bertz CT molecular complexity index is 550. The molecule has 0 spiro atoms. The third-order valence-electron chi connectivity index (χ3n) is 3.52. The Morgan fingerprint density at radius 1 is 0.529 bits per heavy atom. The monoisotopic (exact) mass is 499 g/mol. The molecule has 0 aromatic carbocycles. The molecule has 0 aromatic heterocycles. The van der Waals surface area contributed by atoms with E-state index < -0.39 is 41.9 Å². The second kappa shape index (κ2) is 28.2. The van der Waals surface area contributed by atoms with E-state index in [1.807, 2.05) is 0 Å². The van der Waals surface area contributed by atoms with Crippen LogP contribution in [0.15, 0.2) is 0 Å². The van der Waals surface area contributed by atoms with Gasteiger partial charge in [0.05, 0.1) is 6.42 Å². The predicted molar refractivity (Wildman–Crippen MR) is 123 cm³/mol. The van der Waals surface area contributed by atoms with Crippen molar-refractivity contribution in [1.29, 1.82) is 0 Å². The summed E-state index contributed by atoms with van der Waals surface area (Å²) in [6.45, 7) is 1.57. The van der Waals surface area contributed by atoms with Crippen molar-refractivity contribution in [3.05, 3.63) is 0 Å². The lowest BCUT2D eigenvalue weighted by molar-refractivity contribution is -0.149. The Balaban J connectivity index is -0.000000180. The van der Waals surface area contributed by atoms with Gasteiger partial charge in [-0.2, -0.15) is 0 Å². The summed E-state index contributed by atoms with van der Waals surface area (Å²) in [4.78, 5) is 48.9. The number of nitrogens with two attached hydrogens (primary N) is 5. The van der Waals surface area contributed by atoms with E-state index in [-0.39, 0.29) is 19.4 Å². The van der Waals surface area contributed by atoms with E-state index in [1.165, 1.54) is 0 Å². The van der Waals surface area contributed by atoms with Crippen molar-refractivity contribution < 1.29 is 49.5 Å². The van der Waals surface area contributed by atoms with Gasteiger partial charge in [-0.05, 0) is 38.8 Å². The molecule has 1 atom stereocenters.